The predicted molar refractivity (Wildman–Crippen MR) is 170 cm³/mol. The van der Waals surface area contributed by atoms with Gasteiger partial charge in [-0.2, -0.15) is 0 Å². The molecule has 5 rings (SSSR count). The van der Waals surface area contributed by atoms with Crippen LogP contribution in [-0.2, 0) is 10.9 Å². The minimum Gasteiger partial charge on any atom is -0.295 e. The van der Waals surface area contributed by atoms with Crippen molar-refractivity contribution in [1.29, 1.82) is 0 Å². The molecule has 0 heterocycles. The van der Waals surface area contributed by atoms with Crippen molar-refractivity contribution in [2.45, 2.75) is 53.0 Å². The molecule has 5 aromatic carbocycles. The van der Waals surface area contributed by atoms with Crippen molar-refractivity contribution in [1.82, 2.24) is 0 Å². The van der Waals surface area contributed by atoms with Gasteiger partial charge in [-0.25, -0.2) is 0 Å². The van der Waals surface area contributed by atoms with Crippen molar-refractivity contribution in [3.05, 3.63) is 132 Å². The van der Waals surface area contributed by atoms with Gasteiger partial charge in [-0.15, -0.1) is 12.6 Å². The molecule has 0 aliphatic carbocycles. The van der Waals surface area contributed by atoms with Gasteiger partial charge in [-0.3, -0.25) is 9.59 Å². The molecule has 0 fully saturated rings. The lowest BCUT2D eigenvalue weighted by Gasteiger charge is -2.10. The maximum absolute atomic E-state index is 11.6. The van der Waals surface area contributed by atoms with Crippen molar-refractivity contribution in [2.24, 2.45) is 0 Å². The molecule has 6 heteroatoms. The molecule has 198 valence electrons. The number of benzene rings is 5. The predicted octanol–water partition coefficient (Wildman–Crippen LogP) is 9.78. The number of hydrogen-bond acceptors (Lipinski definition) is 5. The van der Waals surface area contributed by atoms with Gasteiger partial charge < -0.3 is 0 Å². The van der Waals surface area contributed by atoms with Crippen LogP contribution in [0.2, 0.25) is 0 Å². The lowest BCUT2D eigenvalue weighted by Crippen LogP contribution is -2.04. The van der Waals surface area contributed by atoms with E-state index in [9.17, 15) is 9.59 Å². The lowest BCUT2D eigenvalue weighted by molar-refractivity contribution is 0.100. The maximum atomic E-state index is 11.6. The summed E-state index contributed by atoms with van der Waals surface area (Å²) in [7, 11) is -0.277. The highest BCUT2D eigenvalue weighted by atomic mass is 32.2. The van der Waals surface area contributed by atoms with Crippen molar-refractivity contribution in [3.63, 3.8) is 0 Å². The SMILES string of the molecule is CC(=O)c1ccc(Sc2ccc([S+](c3ccc(S)cc3)c3ccc(Sc4ccc(C(C)=O)cc4)cc3)cc2)cc1. The van der Waals surface area contributed by atoms with Gasteiger partial charge in [0.1, 0.15) is 0 Å². The fraction of sp³-hybridized carbons (Fsp3) is 0.0588. The van der Waals surface area contributed by atoms with Gasteiger partial charge in [-0.1, -0.05) is 47.8 Å². The molecule has 0 aliphatic rings. The Morgan fingerprint density at radius 1 is 0.475 bits per heavy atom. The molecule has 40 heavy (non-hydrogen) atoms. The van der Waals surface area contributed by atoms with E-state index in [1.165, 1.54) is 14.7 Å². The highest BCUT2D eigenvalue weighted by molar-refractivity contribution is 7.99. The smallest absolute Gasteiger partial charge is 0.166 e. The fourth-order valence-electron chi connectivity index (χ4n) is 4.07. The van der Waals surface area contributed by atoms with Crippen LogP contribution >= 0.6 is 36.2 Å². The van der Waals surface area contributed by atoms with Crippen LogP contribution in [0.1, 0.15) is 34.6 Å². The molecule has 0 spiro atoms. The highest BCUT2D eigenvalue weighted by Crippen LogP contribution is 2.36. The monoisotopic (exact) mass is 595 g/mol. The molecular formula is C34H27O2S4+. The number of carbonyl (C=O) groups is 2. The second-order valence-corrected chi connectivity index (χ2v) is 13.9. The number of thiol groups is 1. The number of Topliss-reactive ketones (excluding diaryl/α,β-unsaturated/α-hetero) is 2. The zero-order valence-corrected chi connectivity index (χ0v) is 25.4. The number of ketones is 2. The van der Waals surface area contributed by atoms with Crippen LogP contribution in [0, 0.1) is 0 Å². The Morgan fingerprint density at radius 3 is 1.05 bits per heavy atom. The average molecular weight is 596 g/mol. The van der Waals surface area contributed by atoms with Crippen molar-refractivity contribution >= 4 is 58.6 Å². The molecule has 0 saturated heterocycles. The van der Waals surface area contributed by atoms with E-state index in [1.807, 2.05) is 60.7 Å². The summed E-state index contributed by atoms with van der Waals surface area (Å²) in [5.41, 5.74) is 1.46. The Morgan fingerprint density at radius 2 is 0.750 bits per heavy atom. The molecule has 0 N–H and O–H groups in total. The first-order chi connectivity index (χ1) is 19.4. The summed E-state index contributed by atoms with van der Waals surface area (Å²) in [6.45, 7) is 3.17. The van der Waals surface area contributed by atoms with E-state index < -0.39 is 0 Å². The third-order valence-corrected chi connectivity index (χ3v) is 10.7. The van der Waals surface area contributed by atoms with Crippen molar-refractivity contribution in [3.8, 4) is 0 Å². The summed E-state index contributed by atoms with van der Waals surface area (Å²) in [5, 5.41) is 0. The van der Waals surface area contributed by atoms with Crippen LogP contribution in [0.15, 0.2) is 160 Å². The van der Waals surface area contributed by atoms with Gasteiger partial charge in [0.05, 0.1) is 10.9 Å². The van der Waals surface area contributed by atoms with E-state index >= 15 is 0 Å². The highest BCUT2D eigenvalue weighted by Gasteiger charge is 2.28. The topological polar surface area (TPSA) is 34.1 Å². The van der Waals surface area contributed by atoms with Crippen molar-refractivity contribution < 1.29 is 9.59 Å². The van der Waals surface area contributed by atoms with Gasteiger partial charge in [0.25, 0.3) is 0 Å². The fourth-order valence-corrected chi connectivity index (χ4v) is 7.89. The normalized spacial score (nSPS) is 11.0. The number of hydrogen-bond donors (Lipinski definition) is 1. The summed E-state index contributed by atoms with van der Waals surface area (Å²) < 4.78 is 0. The lowest BCUT2D eigenvalue weighted by atomic mass is 10.2. The minimum absolute atomic E-state index is 0.0776. The third kappa shape index (κ3) is 7.12. The quantitative estimate of drug-likeness (QED) is 0.104. The van der Waals surface area contributed by atoms with E-state index in [0.717, 1.165) is 35.6 Å². The van der Waals surface area contributed by atoms with E-state index in [0.29, 0.717) is 0 Å². The molecule has 0 amide bonds. The Balaban J connectivity index is 1.38. The third-order valence-electron chi connectivity index (χ3n) is 6.18. The van der Waals surface area contributed by atoms with Crippen LogP contribution in [0.25, 0.3) is 0 Å². The zero-order chi connectivity index (χ0) is 28.1. The van der Waals surface area contributed by atoms with Gasteiger partial charge >= 0.3 is 0 Å². The Hall–Kier alpha value is -3.16. The van der Waals surface area contributed by atoms with E-state index in [1.54, 1.807) is 37.4 Å². The molecule has 0 aliphatic heterocycles. The van der Waals surface area contributed by atoms with E-state index in [4.69, 9.17) is 0 Å². The maximum Gasteiger partial charge on any atom is 0.166 e. The Kier molecular flexibility index (Phi) is 9.22. The van der Waals surface area contributed by atoms with Gasteiger partial charge in [0.2, 0.25) is 0 Å². The Bertz CT molecular complexity index is 1510. The van der Waals surface area contributed by atoms with Gasteiger partial charge in [0, 0.05) is 35.6 Å². The molecule has 0 bridgehead atoms. The Labute approximate surface area is 252 Å². The summed E-state index contributed by atoms with van der Waals surface area (Å²) in [5.74, 6) is 0.155. The first kappa shape index (κ1) is 28.4. The second-order valence-electron chi connectivity index (χ2n) is 9.11. The molecule has 0 aromatic heterocycles. The second kappa shape index (κ2) is 13.0. The molecule has 0 unspecified atom stereocenters. The first-order valence-corrected chi connectivity index (χ1v) is 16.0. The summed E-state index contributed by atoms with van der Waals surface area (Å²) in [4.78, 5) is 32.3. The van der Waals surface area contributed by atoms with Gasteiger partial charge in [0.15, 0.2) is 26.3 Å². The molecule has 0 saturated carbocycles. The minimum atomic E-state index is -0.277. The van der Waals surface area contributed by atoms with Crippen LogP contribution < -0.4 is 0 Å². The number of carbonyl (C=O) groups excluding carboxylic acids is 2. The molecule has 0 atom stereocenters. The van der Waals surface area contributed by atoms with E-state index in [-0.39, 0.29) is 22.5 Å². The van der Waals surface area contributed by atoms with E-state index in [2.05, 4.69) is 73.3 Å². The zero-order valence-electron chi connectivity index (χ0n) is 22.0. The largest absolute Gasteiger partial charge is 0.295 e. The molecule has 2 nitrogen and oxygen atoms in total. The van der Waals surface area contributed by atoms with Crippen LogP contribution in [0.4, 0.5) is 0 Å². The first-order valence-electron chi connectivity index (χ1n) is 12.7. The van der Waals surface area contributed by atoms with Crippen molar-refractivity contribution in [2.75, 3.05) is 0 Å². The molecule has 0 radical (unpaired) electrons. The summed E-state index contributed by atoms with van der Waals surface area (Å²) in [6.07, 6.45) is 0. The van der Waals surface area contributed by atoms with Crippen LogP contribution in [-0.4, -0.2) is 11.6 Å². The average Bonchev–Trinajstić information content (AvgIpc) is 2.96. The summed E-state index contributed by atoms with van der Waals surface area (Å²) >= 11 is 7.87. The van der Waals surface area contributed by atoms with Crippen LogP contribution in [0.5, 0.6) is 0 Å². The number of rotatable bonds is 9. The van der Waals surface area contributed by atoms with Gasteiger partial charge in [-0.05, 0) is 111 Å². The summed E-state index contributed by atoms with van der Waals surface area (Å²) in [6, 6.07) is 41.4. The van der Waals surface area contributed by atoms with Crippen LogP contribution in [0.3, 0.4) is 0 Å². The standard InChI is InChI=1S/C34H26O2S4/c1-23(35)25-3-9-28(10-4-25)38-30-13-19-33(20-14-30)40(32-17-7-27(37)8-18-32)34-21-15-31(16-22-34)39-29-11-5-26(6-12-29)24(2)36/h3-22H,1-2H3/p+1. The molecular weight excluding hydrogens is 569 g/mol. The molecule has 5 aromatic rings.